The maximum absolute atomic E-state index is 14.8. The smallest absolute Gasteiger partial charge is 0.389 e. The third-order valence-corrected chi connectivity index (χ3v) is 14.2. The van der Waals surface area contributed by atoms with Crippen LogP contribution in [0.4, 0.5) is 5.69 Å². The Kier molecular flexibility index (Phi) is 16.5. The number of aliphatic hydroxyl groups excluding tert-OH is 2. The van der Waals surface area contributed by atoms with E-state index in [0.717, 1.165) is 41.3 Å². The number of carbonyl (C=O) groups excluding carboxylic acids is 1. The number of pyridine rings is 1. The van der Waals surface area contributed by atoms with E-state index >= 15 is 0 Å². The van der Waals surface area contributed by atoms with Gasteiger partial charge in [-0.25, -0.2) is 19.3 Å². The number of carbonyl (C=O) groups is 1. The molecule has 6 rings (SSSR count). The molecule has 328 valence electrons. The average molecular weight is 875 g/mol. The first-order valence-electron chi connectivity index (χ1n) is 20.4. The number of esters is 1. The van der Waals surface area contributed by atoms with E-state index in [9.17, 15) is 29.2 Å². The van der Waals surface area contributed by atoms with Crippen molar-refractivity contribution in [2.75, 3.05) is 26.1 Å². The molecule has 18 nitrogen and oxygen atoms in total. The minimum Gasteiger partial charge on any atom is -0.427 e. The molecule has 0 saturated carbocycles. The van der Waals surface area contributed by atoms with E-state index in [-0.39, 0.29) is 24.7 Å². The zero-order valence-corrected chi connectivity index (χ0v) is 35.5. The van der Waals surface area contributed by atoms with Gasteiger partial charge in [-0.3, -0.25) is 32.8 Å². The van der Waals surface area contributed by atoms with E-state index in [0.29, 0.717) is 34.6 Å². The van der Waals surface area contributed by atoms with Gasteiger partial charge >= 0.3 is 18.5 Å². The number of imidazole rings is 1. The molecule has 0 radical (unpaired) electrons. The van der Waals surface area contributed by atoms with Gasteiger partial charge in [-0.05, 0) is 41.6 Å². The van der Waals surface area contributed by atoms with Crippen LogP contribution in [-0.4, -0.2) is 91.1 Å². The van der Waals surface area contributed by atoms with Gasteiger partial charge in [-0.15, -0.1) is 0 Å². The summed E-state index contributed by atoms with van der Waals surface area (Å²) in [7, 11) is 1.34. The fraction of sp³-hybridized carbons (Fsp3) is 0.575. The van der Waals surface area contributed by atoms with Crippen LogP contribution in [0.15, 0.2) is 64.7 Å². The van der Waals surface area contributed by atoms with Crippen LogP contribution in [0.2, 0.25) is 0 Å². The number of rotatable bonds is 23. The summed E-state index contributed by atoms with van der Waals surface area (Å²) in [6, 6.07) is 9.53. The number of H-pyrrole nitrogens is 1. The van der Waals surface area contributed by atoms with Crippen LogP contribution >= 0.6 is 18.2 Å². The van der Waals surface area contributed by atoms with Gasteiger partial charge in [-0.2, -0.15) is 0 Å². The zero-order valence-electron chi connectivity index (χ0n) is 33.8. The minimum absolute atomic E-state index is 0.104. The van der Waals surface area contributed by atoms with Crippen molar-refractivity contribution in [3.63, 3.8) is 0 Å². The van der Waals surface area contributed by atoms with Crippen molar-refractivity contribution in [3.8, 4) is 5.75 Å². The van der Waals surface area contributed by atoms with Gasteiger partial charge in [0, 0.05) is 44.2 Å². The summed E-state index contributed by atoms with van der Waals surface area (Å²) < 4.78 is 53.2. The number of ether oxygens (including phenoxy) is 4. The van der Waals surface area contributed by atoms with Gasteiger partial charge in [0.25, 0.3) is 5.56 Å². The Morgan fingerprint density at radius 2 is 1.72 bits per heavy atom. The van der Waals surface area contributed by atoms with Gasteiger partial charge in [0.05, 0.1) is 31.3 Å². The molecule has 5 N–H and O–H groups in total. The van der Waals surface area contributed by atoms with Crippen LogP contribution in [0.1, 0.15) is 95.6 Å². The first kappa shape index (κ1) is 45.6. The number of nitrogens with one attached hydrogen (secondary N) is 1. The predicted molar refractivity (Wildman–Crippen MR) is 223 cm³/mol. The number of benzene rings is 1. The molecule has 4 aromatic rings. The zero-order chi connectivity index (χ0) is 42.6. The Morgan fingerprint density at radius 3 is 2.42 bits per heavy atom. The van der Waals surface area contributed by atoms with Crippen molar-refractivity contribution >= 4 is 41.0 Å². The lowest BCUT2D eigenvalue weighted by atomic mass is 10.1. The van der Waals surface area contributed by atoms with Crippen LogP contribution in [0.3, 0.4) is 0 Å². The van der Waals surface area contributed by atoms with Crippen LogP contribution < -0.4 is 21.7 Å². The third kappa shape index (κ3) is 11.7. The lowest BCUT2D eigenvalue weighted by Crippen LogP contribution is -2.39. The molecule has 3 aromatic heterocycles. The Hall–Kier alpha value is -3.91. The van der Waals surface area contributed by atoms with E-state index in [1.54, 1.807) is 41.1 Å². The summed E-state index contributed by atoms with van der Waals surface area (Å²) in [5.74, 6) is 0.178. The number of methoxy groups -OCH3 is 1. The van der Waals surface area contributed by atoms with Gasteiger partial charge in [0.1, 0.15) is 41.9 Å². The molecule has 2 saturated heterocycles. The summed E-state index contributed by atoms with van der Waals surface area (Å²) in [5.41, 5.74) is 6.74. The number of nitrogens with zero attached hydrogens (tertiary/aromatic N) is 4. The second-order valence-electron chi connectivity index (χ2n) is 14.9. The maximum Gasteiger partial charge on any atom is 0.389 e. The topological polar surface area (TPSA) is 242 Å². The fourth-order valence-corrected chi connectivity index (χ4v) is 10.7. The molecule has 0 aliphatic carbocycles. The molecule has 2 aliphatic heterocycles. The fourth-order valence-electron chi connectivity index (χ4n) is 7.27. The normalized spacial score (nSPS) is 23.9. The molecule has 0 amide bonds. The largest absolute Gasteiger partial charge is 0.427 e. The number of nitrogen functional groups attached to an aromatic ring is 1. The molecule has 20 heteroatoms. The Morgan fingerprint density at radius 1 is 0.983 bits per heavy atom. The standard InChI is InChI=1S/C40H55N6O12PS/c1-3-4-5-6-7-8-9-10-11-12-34(50)55-27-15-13-26(14-16-27)24-60-59(52,58-36-30(22-47)57-39(37(36)53-2)45-20-18-32(49)44-40(45)51)54-23-31-29(48)21-33(56-31)46-25-43-35-28(41)17-19-42-38(35)46/h13-20,25,29-31,33,36-37,39,47-48H,3-12,21-24H2,1-2H3,(H2,41,42)(H,44,49,51)/t29-,30-,31-,33-,36+,37?,39-,59?/m1/s1. The van der Waals surface area contributed by atoms with E-state index < -0.39 is 67.6 Å². The van der Waals surface area contributed by atoms with E-state index in [1.165, 1.54) is 58.2 Å². The number of anilines is 1. The number of hydrogen-bond acceptors (Lipinski definition) is 16. The minimum atomic E-state index is -4.26. The van der Waals surface area contributed by atoms with Crippen molar-refractivity contribution in [2.45, 2.75) is 126 Å². The molecule has 2 unspecified atom stereocenters. The maximum atomic E-state index is 14.8. The first-order chi connectivity index (χ1) is 29.0. The molecule has 5 heterocycles. The molecule has 8 atom stereocenters. The second kappa shape index (κ2) is 21.7. The highest BCUT2D eigenvalue weighted by Gasteiger charge is 2.51. The Bertz CT molecular complexity index is 2170. The number of nitrogens with two attached hydrogens (primary N) is 1. The number of fused-ring (bicyclic) bond motifs is 1. The molecule has 2 aliphatic rings. The summed E-state index contributed by atoms with van der Waals surface area (Å²) in [4.78, 5) is 47.9. The molecule has 60 heavy (non-hydrogen) atoms. The van der Waals surface area contributed by atoms with Crippen LogP contribution in [0.5, 0.6) is 5.75 Å². The van der Waals surface area contributed by atoms with Gasteiger partial charge in [0.15, 0.2) is 11.9 Å². The molecule has 1 aromatic carbocycles. The lowest BCUT2D eigenvalue weighted by molar-refractivity contribution is -0.134. The summed E-state index contributed by atoms with van der Waals surface area (Å²) >= 11 is 0.838. The molecule has 0 bridgehead atoms. The average Bonchev–Trinajstić information content (AvgIpc) is 3.94. The molecular formula is C40H55N6O12PS. The lowest BCUT2D eigenvalue weighted by Gasteiger charge is -2.28. The van der Waals surface area contributed by atoms with Crippen molar-refractivity contribution in [1.29, 1.82) is 0 Å². The number of aromatic amines is 1. The second-order valence-corrected chi connectivity index (χ2v) is 18.9. The SMILES string of the molecule is CCCCCCCCCCCC(=O)Oc1ccc(CSP(=O)(OC[C@H]2O[C@@H](n3cnc4c(N)ccnc43)C[C@H]2O)O[C@@H]2C(OC)[C@H](n3ccc(=O)[nH]c3=O)O[C@@H]2CO)cc1. The van der Waals surface area contributed by atoms with Crippen molar-refractivity contribution in [1.82, 2.24) is 24.1 Å². The van der Waals surface area contributed by atoms with E-state index in [4.69, 9.17) is 33.7 Å². The molecular weight excluding hydrogens is 820 g/mol. The first-order valence-corrected chi connectivity index (χ1v) is 23.5. The summed E-state index contributed by atoms with van der Waals surface area (Å²) in [6.45, 7) is -3.03. The highest BCUT2D eigenvalue weighted by atomic mass is 32.7. The predicted octanol–water partition coefficient (Wildman–Crippen LogP) is 5.39. The van der Waals surface area contributed by atoms with Gasteiger partial charge in [0.2, 0.25) is 0 Å². The van der Waals surface area contributed by atoms with Crippen LogP contribution in [-0.2, 0) is 38.4 Å². The highest BCUT2D eigenvalue weighted by Crippen LogP contribution is 2.64. The Labute approximate surface area is 351 Å². The Balaban J connectivity index is 1.11. The highest BCUT2D eigenvalue weighted by molar-refractivity contribution is 8.54. The van der Waals surface area contributed by atoms with Crippen LogP contribution in [0.25, 0.3) is 11.2 Å². The number of aliphatic hydroxyl groups is 2. The number of unbranched alkanes of at least 4 members (excludes halogenated alkanes) is 8. The number of aromatic nitrogens is 5. The van der Waals surface area contributed by atoms with Crippen molar-refractivity contribution in [3.05, 3.63) is 81.5 Å². The van der Waals surface area contributed by atoms with Gasteiger partial charge in [-0.1, -0.05) is 70.4 Å². The summed E-state index contributed by atoms with van der Waals surface area (Å²) in [5, 5.41) is 21.4. The molecule has 0 spiro atoms. The van der Waals surface area contributed by atoms with Gasteiger partial charge < -0.3 is 34.9 Å². The van der Waals surface area contributed by atoms with E-state index in [1.807, 2.05) is 0 Å². The molecule has 2 fully saturated rings. The third-order valence-electron chi connectivity index (χ3n) is 10.5. The van der Waals surface area contributed by atoms with E-state index in [2.05, 4.69) is 21.9 Å². The monoisotopic (exact) mass is 874 g/mol. The van der Waals surface area contributed by atoms with Crippen molar-refractivity contribution in [2.24, 2.45) is 0 Å². The number of hydrogen-bond donors (Lipinski definition) is 4. The summed E-state index contributed by atoms with van der Waals surface area (Å²) in [6.07, 6.45) is 7.78. The quantitative estimate of drug-likeness (QED) is 0.0316. The van der Waals surface area contributed by atoms with Crippen molar-refractivity contribution < 1.29 is 47.6 Å². The van der Waals surface area contributed by atoms with Crippen LogP contribution in [0, 0.1) is 0 Å².